The summed E-state index contributed by atoms with van der Waals surface area (Å²) in [4.78, 5) is 9.04. The van der Waals surface area contributed by atoms with Gasteiger partial charge in [0.15, 0.2) is 0 Å². The number of hydrogen-bond acceptors (Lipinski definition) is 3. The molecule has 0 spiro atoms. The molecule has 0 aliphatic rings. The number of nitrogens with zero attached hydrogens (tertiary/aromatic N) is 2. The van der Waals surface area contributed by atoms with Gasteiger partial charge in [-0.2, -0.15) is 0 Å². The van der Waals surface area contributed by atoms with Crippen LogP contribution in [0.25, 0.3) is 33.6 Å². The minimum absolute atomic E-state index is 0. The van der Waals surface area contributed by atoms with Crippen LogP contribution in [0.2, 0.25) is 0 Å². The monoisotopic (exact) mass is 610 g/mol. The third-order valence-corrected chi connectivity index (χ3v) is 4.94. The molecule has 0 saturated heterocycles. The van der Waals surface area contributed by atoms with E-state index in [-0.39, 0.29) is 26.6 Å². The number of benzene rings is 3. The number of hydrogen-bond donors (Lipinski definition) is 0. The van der Waals surface area contributed by atoms with E-state index in [1.165, 1.54) is 0 Å². The fourth-order valence-electron chi connectivity index (χ4n) is 3.42. The topological polar surface area (TPSA) is 35.0 Å². The molecule has 0 aliphatic heterocycles. The van der Waals surface area contributed by atoms with Crippen molar-refractivity contribution in [2.24, 2.45) is 0 Å². The van der Waals surface area contributed by atoms with Crippen molar-refractivity contribution in [2.75, 3.05) is 0 Å². The van der Waals surface area contributed by atoms with Gasteiger partial charge in [-0.25, -0.2) is 0 Å². The first-order valence-electron chi connectivity index (χ1n) is 11.7. The largest absolute Gasteiger partial charge is 2.00 e. The quantitative estimate of drug-likeness (QED) is 0.198. The standard InChI is InChI=1S/C29H20N2O.Pt/c1-21-10-5-6-15-26(21)28-19-24(22-11-3-2-4-12-22)20-29(31-28)32-25-14-9-13-23(18-25)27-16-7-8-17-30-27;/h2-14,16-17,19-20H,1H3;/q-2;+2/i1D3;. The van der Waals surface area contributed by atoms with Gasteiger partial charge in [-0.1, -0.05) is 61.4 Å². The maximum Gasteiger partial charge on any atom is 2.00 e. The zero-order chi connectivity index (χ0) is 24.3. The molecule has 0 fully saturated rings. The Morgan fingerprint density at radius 2 is 1.70 bits per heavy atom. The maximum absolute atomic E-state index is 7.96. The van der Waals surface area contributed by atoms with Gasteiger partial charge >= 0.3 is 21.1 Å². The first-order chi connectivity index (χ1) is 17.0. The Labute approximate surface area is 212 Å². The first kappa shape index (κ1) is 19.0. The molecular weight excluding hydrogens is 587 g/mol. The fourth-order valence-corrected chi connectivity index (χ4v) is 3.42. The molecular formula is C29H20N2OPt. The molecule has 0 aliphatic carbocycles. The summed E-state index contributed by atoms with van der Waals surface area (Å²) in [5.74, 6) is 0.800. The molecule has 0 atom stereocenters. The van der Waals surface area contributed by atoms with Crippen LogP contribution in [0.4, 0.5) is 0 Å². The number of aryl methyl sites for hydroxylation is 1. The van der Waals surface area contributed by atoms with Crippen LogP contribution in [0.15, 0.2) is 103 Å². The van der Waals surface area contributed by atoms with Crippen LogP contribution >= 0.6 is 0 Å². The van der Waals surface area contributed by atoms with Crippen LogP contribution in [0.5, 0.6) is 11.6 Å². The van der Waals surface area contributed by atoms with Crippen molar-refractivity contribution in [3.05, 3.63) is 121 Å². The average molecular weight is 611 g/mol. The van der Waals surface area contributed by atoms with Gasteiger partial charge in [-0.15, -0.1) is 59.2 Å². The molecule has 3 nitrogen and oxygen atoms in total. The molecule has 0 saturated carbocycles. The van der Waals surface area contributed by atoms with Gasteiger partial charge < -0.3 is 9.72 Å². The third kappa shape index (κ3) is 5.27. The molecule has 5 aromatic rings. The van der Waals surface area contributed by atoms with Gasteiger partial charge in [-0.05, 0) is 28.6 Å². The van der Waals surface area contributed by atoms with E-state index in [1.807, 2.05) is 72.8 Å². The molecule has 0 radical (unpaired) electrons. The summed E-state index contributed by atoms with van der Waals surface area (Å²) in [6.07, 6.45) is 1.73. The second-order valence-corrected chi connectivity index (χ2v) is 7.15. The molecule has 0 unspecified atom stereocenters. The van der Waals surface area contributed by atoms with Gasteiger partial charge in [0.1, 0.15) is 0 Å². The Kier molecular flexibility index (Phi) is 5.96. The minimum atomic E-state index is -2.30. The van der Waals surface area contributed by atoms with E-state index in [2.05, 4.69) is 22.1 Å². The van der Waals surface area contributed by atoms with Crippen molar-refractivity contribution in [1.82, 2.24) is 9.97 Å². The number of ether oxygens (including phenoxy) is 1. The Balaban J connectivity index is 0.00000304. The van der Waals surface area contributed by atoms with Crippen molar-refractivity contribution < 1.29 is 29.9 Å². The van der Waals surface area contributed by atoms with Gasteiger partial charge in [0, 0.05) is 22.1 Å². The SMILES string of the molecule is [2H]C([2H])([2H])c1ccc[c-]c1-c1cc(-c2ccccc2)cc(Oc2[c-]c(-c3ccccn3)ccc2)n1.[Pt+2]. The van der Waals surface area contributed by atoms with E-state index >= 15 is 0 Å². The van der Waals surface area contributed by atoms with E-state index in [9.17, 15) is 0 Å². The normalized spacial score (nSPS) is 12.1. The van der Waals surface area contributed by atoms with Crippen LogP contribution in [0, 0.1) is 19.0 Å². The van der Waals surface area contributed by atoms with Crippen molar-refractivity contribution >= 4 is 0 Å². The van der Waals surface area contributed by atoms with Crippen LogP contribution in [-0.2, 0) is 21.1 Å². The van der Waals surface area contributed by atoms with Crippen molar-refractivity contribution in [1.29, 1.82) is 0 Å². The molecule has 3 aromatic carbocycles. The zero-order valence-corrected chi connectivity index (χ0v) is 19.7. The summed E-state index contributed by atoms with van der Waals surface area (Å²) in [5.41, 5.74) is 4.45. The third-order valence-electron chi connectivity index (χ3n) is 4.94. The van der Waals surface area contributed by atoms with E-state index in [0.717, 1.165) is 22.4 Å². The Bertz CT molecular complexity index is 1460. The van der Waals surface area contributed by atoms with Crippen molar-refractivity contribution in [3.8, 4) is 45.3 Å². The molecule has 2 heterocycles. The summed E-state index contributed by atoms with van der Waals surface area (Å²) < 4.78 is 30.0. The van der Waals surface area contributed by atoms with Crippen LogP contribution in [-0.4, -0.2) is 9.97 Å². The molecule has 5 rings (SSSR count). The van der Waals surface area contributed by atoms with Crippen molar-refractivity contribution in [3.63, 3.8) is 0 Å². The summed E-state index contributed by atoms with van der Waals surface area (Å²) in [6, 6.07) is 36.0. The summed E-state index contributed by atoms with van der Waals surface area (Å²) in [5, 5.41) is 0. The summed E-state index contributed by atoms with van der Waals surface area (Å²) >= 11 is 0. The van der Waals surface area contributed by atoms with E-state index < -0.39 is 6.85 Å². The second kappa shape index (κ2) is 10.4. The van der Waals surface area contributed by atoms with Crippen molar-refractivity contribution in [2.45, 2.75) is 6.85 Å². The molecule has 162 valence electrons. The van der Waals surface area contributed by atoms with E-state index in [0.29, 0.717) is 22.9 Å². The summed E-state index contributed by atoms with van der Waals surface area (Å²) in [6.45, 7) is -2.30. The van der Waals surface area contributed by atoms with Crippen LogP contribution in [0.3, 0.4) is 0 Å². The van der Waals surface area contributed by atoms with Gasteiger partial charge in [0.05, 0.1) is 0 Å². The summed E-state index contributed by atoms with van der Waals surface area (Å²) in [7, 11) is 0. The van der Waals surface area contributed by atoms with Crippen LogP contribution in [0.1, 0.15) is 9.68 Å². The predicted octanol–water partition coefficient (Wildman–Crippen LogP) is 7.18. The maximum atomic E-state index is 7.96. The molecule has 2 aromatic heterocycles. The fraction of sp³-hybridized carbons (Fsp3) is 0.0345. The Hall–Kier alpha value is -3.55. The first-order valence-corrected chi connectivity index (χ1v) is 10.2. The predicted molar refractivity (Wildman–Crippen MR) is 127 cm³/mol. The molecule has 33 heavy (non-hydrogen) atoms. The minimum Gasteiger partial charge on any atom is -0.460 e. The number of aromatic nitrogens is 2. The van der Waals surface area contributed by atoms with E-state index in [1.54, 1.807) is 30.5 Å². The number of rotatable bonds is 5. The molecule has 0 bridgehead atoms. The van der Waals surface area contributed by atoms with Crippen LogP contribution < -0.4 is 4.74 Å². The number of pyridine rings is 2. The molecule has 0 amide bonds. The molecule has 4 heteroatoms. The van der Waals surface area contributed by atoms with E-state index in [4.69, 9.17) is 8.85 Å². The van der Waals surface area contributed by atoms with Gasteiger partial charge in [0.25, 0.3) is 0 Å². The van der Waals surface area contributed by atoms with Gasteiger partial charge in [0.2, 0.25) is 5.88 Å². The second-order valence-electron chi connectivity index (χ2n) is 7.15. The Morgan fingerprint density at radius 3 is 2.52 bits per heavy atom. The van der Waals surface area contributed by atoms with Gasteiger partial charge in [-0.3, -0.25) is 4.98 Å². The smallest absolute Gasteiger partial charge is 0.460 e. The molecule has 0 N–H and O–H groups in total. The average Bonchev–Trinajstić information content (AvgIpc) is 2.89. The Morgan fingerprint density at radius 1 is 0.818 bits per heavy atom. The zero-order valence-electron chi connectivity index (χ0n) is 20.4.